The highest BCUT2D eigenvalue weighted by Gasteiger charge is 2.17. The number of rotatable bonds is 5. The number of ether oxygens (including phenoxy) is 1. The van der Waals surface area contributed by atoms with Crippen LogP contribution in [0, 0.1) is 5.82 Å². The molecule has 2 heterocycles. The molecular weight excluding hydrogens is 347 g/mol. The Bertz CT molecular complexity index is 716. The van der Waals surface area contributed by atoms with Gasteiger partial charge in [-0.15, -0.1) is 12.4 Å². The first kappa shape index (κ1) is 19.2. The number of methoxy groups -OCH3 is 1. The van der Waals surface area contributed by atoms with Gasteiger partial charge in [0.05, 0.1) is 13.2 Å². The van der Waals surface area contributed by atoms with Gasteiger partial charge in [0, 0.05) is 19.3 Å². The molecule has 0 radical (unpaired) electrons. The summed E-state index contributed by atoms with van der Waals surface area (Å²) in [6, 6.07) is 6.61. The van der Waals surface area contributed by atoms with Crippen LogP contribution >= 0.6 is 12.4 Å². The SMILES string of the molecule is COc1ccc(CNC(=O)c2ccn(C3CCCNC3)n2)cc1F.Cl. The Balaban J connectivity index is 0.00000225. The van der Waals surface area contributed by atoms with E-state index in [1.54, 1.807) is 18.2 Å². The number of carbonyl (C=O) groups excluding carboxylic acids is 1. The molecule has 1 aromatic heterocycles. The summed E-state index contributed by atoms with van der Waals surface area (Å²) in [4.78, 5) is 12.2. The summed E-state index contributed by atoms with van der Waals surface area (Å²) >= 11 is 0. The minimum absolute atomic E-state index is 0. The van der Waals surface area contributed by atoms with Crippen LogP contribution in [-0.4, -0.2) is 35.9 Å². The fourth-order valence-electron chi connectivity index (χ4n) is 2.81. The number of hydrogen-bond donors (Lipinski definition) is 2. The summed E-state index contributed by atoms with van der Waals surface area (Å²) in [7, 11) is 1.41. The fraction of sp³-hybridized carbons (Fsp3) is 0.412. The third-order valence-corrected chi connectivity index (χ3v) is 4.16. The van der Waals surface area contributed by atoms with Gasteiger partial charge in [-0.2, -0.15) is 5.10 Å². The molecule has 1 aliphatic rings. The van der Waals surface area contributed by atoms with E-state index in [0.717, 1.165) is 25.9 Å². The number of aromatic nitrogens is 2. The number of halogens is 2. The third-order valence-electron chi connectivity index (χ3n) is 4.16. The Morgan fingerprint density at radius 3 is 3.00 bits per heavy atom. The fourth-order valence-corrected chi connectivity index (χ4v) is 2.81. The molecule has 1 unspecified atom stereocenters. The van der Waals surface area contributed by atoms with Crippen LogP contribution in [0.5, 0.6) is 5.75 Å². The molecule has 6 nitrogen and oxygen atoms in total. The van der Waals surface area contributed by atoms with Gasteiger partial charge in [0.2, 0.25) is 0 Å². The maximum absolute atomic E-state index is 13.6. The first-order chi connectivity index (χ1) is 11.7. The molecule has 1 amide bonds. The van der Waals surface area contributed by atoms with E-state index in [0.29, 0.717) is 11.3 Å². The van der Waals surface area contributed by atoms with Crippen molar-refractivity contribution < 1.29 is 13.9 Å². The van der Waals surface area contributed by atoms with E-state index in [1.807, 2.05) is 10.9 Å². The second kappa shape index (κ2) is 8.82. The molecule has 25 heavy (non-hydrogen) atoms. The molecular formula is C17H22ClFN4O2. The normalized spacial score (nSPS) is 16.8. The van der Waals surface area contributed by atoms with Crippen LogP contribution in [0.15, 0.2) is 30.5 Å². The molecule has 1 atom stereocenters. The van der Waals surface area contributed by atoms with Gasteiger partial charge in [-0.05, 0) is 43.1 Å². The van der Waals surface area contributed by atoms with Crippen LogP contribution in [0.25, 0.3) is 0 Å². The summed E-state index contributed by atoms with van der Waals surface area (Å²) in [6.45, 7) is 2.13. The average molecular weight is 369 g/mol. The smallest absolute Gasteiger partial charge is 0.272 e. The number of carbonyl (C=O) groups is 1. The van der Waals surface area contributed by atoms with Gasteiger partial charge in [0.15, 0.2) is 11.6 Å². The molecule has 1 aliphatic heterocycles. The van der Waals surface area contributed by atoms with E-state index in [2.05, 4.69) is 15.7 Å². The number of benzene rings is 1. The van der Waals surface area contributed by atoms with Gasteiger partial charge < -0.3 is 15.4 Å². The Kier molecular flexibility index (Phi) is 6.78. The Morgan fingerprint density at radius 2 is 2.32 bits per heavy atom. The number of hydrogen-bond acceptors (Lipinski definition) is 4. The van der Waals surface area contributed by atoms with Gasteiger partial charge in [0.1, 0.15) is 5.69 Å². The molecule has 8 heteroatoms. The standard InChI is InChI=1S/C17H21FN4O2.ClH/c1-24-16-5-4-12(9-14(16)18)10-20-17(23)15-6-8-22(21-15)13-3-2-7-19-11-13;/h4-6,8-9,13,19H,2-3,7,10-11H2,1H3,(H,20,23);1H. The van der Waals surface area contributed by atoms with Crippen molar-refractivity contribution in [2.24, 2.45) is 0 Å². The van der Waals surface area contributed by atoms with Gasteiger partial charge in [-0.25, -0.2) is 4.39 Å². The van der Waals surface area contributed by atoms with Crippen molar-refractivity contribution in [3.63, 3.8) is 0 Å². The molecule has 1 fully saturated rings. The predicted molar refractivity (Wildman–Crippen MR) is 94.7 cm³/mol. The van der Waals surface area contributed by atoms with E-state index < -0.39 is 5.82 Å². The zero-order valence-electron chi connectivity index (χ0n) is 14.0. The summed E-state index contributed by atoms with van der Waals surface area (Å²) in [5.74, 6) is -0.531. The third kappa shape index (κ3) is 4.70. The van der Waals surface area contributed by atoms with Crippen LogP contribution in [0.4, 0.5) is 4.39 Å². The van der Waals surface area contributed by atoms with Crippen molar-refractivity contribution in [2.75, 3.05) is 20.2 Å². The zero-order valence-corrected chi connectivity index (χ0v) is 14.8. The van der Waals surface area contributed by atoms with Crippen molar-refractivity contribution in [1.82, 2.24) is 20.4 Å². The molecule has 1 aromatic carbocycles. The molecule has 1 saturated heterocycles. The van der Waals surface area contributed by atoms with Crippen molar-refractivity contribution in [2.45, 2.75) is 25.4 Å². The quantitative estimate of drug-likeness (QED) is 0.849. The molecule has 136 valence electrons. The van der Waals surface area contributed by atoms with Crippen molar-refractivity contribution in [3.8, 4) is 5.75 Å². The van der Waals surface area contributed by atoms with Crippen molar-refractivity contribution in [1.29, 1.82) is 0 Å². The van der Waals surface area contributed by atoms with Crippen LogP contribution in [0.2, 0.25) is 0 Å². The second-order valence-electron chi connectivity index (χ2n) is 5.83. The maximum Gasteiger partial charge on any atom is 0.272 e. The Labute approximate surface area is 152 Å². The van der Waals surface area contributed by atoms with Crippen LogP contribution in [0.3, 0.4) is 0 Å². The minimum Gasteiger partial charge on any atom is -0.494 e. The molecule has 0 saturated carbocycles. The lowest BCUT2D eigenvalue weighted by Crippen LogP contribution is -2.32. The summed E-state index contributed by atoms with van der Waals surface area (Å²) in [5.41, 5.74) is 1.03. The van der Waals surface area contributed by atoms with Gasteiger partial charge in [-0.1, -0.05) is 6.07 Å². The molecule has 0 aliphatic carbocycles. The molecule has 0 spiro atoms. The van der Waals surface area contributed by atoms with Crippen LogP contribution in [-0.2, 0) is 6.54 Å². The van der Waals surface area contributed by atoms with Gasteiger partial charge >= 0.3 is 0 Å². The van der Waals surface area contributed by atoms with Crippen molar-refractivity contribution >= 4 is 18.3 Å². The second-order valence-corrected chi connectivity index (χ2v) is 5.83. The first-order valence-electron chi connectivity index (χ1n) is 8.04. The lowest BCUT2D eigenvalue weighted by molar-refractivity contribution is 0.0944. The average Bonchev–Trinajstić information content (AvgIpc) is 3.11. The highest BCUT2D eigenvalue weighted by Crippen LogP contribution is 2.18. The van der Waals surface area contributed by atoms with Crippen molar-refractivity contribution in [3.05, 3.63) is 47.5 Å². The Hall–Kier alpha value is -2.12. The number of nitrogens with zero attached hydrogens (tertiary/aromatic N) is 2. The van der Waals surface area contributed by atoms with E-state index in [1.165, 1.54) is 13.2 Å². The Morgan fingerprint density at radius 1 is 1.48 bits per heavy atom. The molecule has 0 bridgehead atoms. The largest absolute Gasteiger partial charge is 0.494 e. The van der Waals surface area contributed by atoms with E-state index in [-0.39, 0.29) is 36.7 Å². The lowest BCUT2D eigenvalue weighted by Gasteiger charge is -2.22. The summed E-state index contributed by atoms with van der Waals surface area (Å²) in [6.07, 6.45) is 4.00. The topological polar surface area (TPSA) is 68.2 Å². The zero-order chi connectivity index (χ0) is 16.9. The molecule has 3 rings (SSSR count). The van der Waals surface area contributed by atoms with E-state index >= 15 is 0 Å². The van der Waals surface area contributed by atoms with E-state index in [4.69, 9.17) is 4.74 Å². The number of amides is 1. The molecule has 2 N–H and O–H groups in total. The van der Waals surface area contributed by atoms with E-state index in [9.17, 15) is 9.18 Å². The number of nitrogens with one attached hydrogen (secondary N) is 2. The summed E-state index contributed by atoms with van der Waals surface area (Å²) < 4.78 is 20.4. The van der Waals surface area contributed by atoms with Crippen LogP contribution < -0.4 is 15.4 Å². The first-order valence-corrected chi connectivity index (χ1v) is 8.04. The molecule has 2 aromatic rings. The summed E-state index contributed by atoms with van der Waals surface area (Å²) in [5, 5.41) is 10.4. The van der Waals surface area contributed by atoms with Gasteiger partial charge in [0.25, 0.3) is 5.91 Å². The maximum atomic E-state index is 13.6. The highest BCUT2D eigenvalue weighted by atomic mass is 35.5. The highest BCUT2D eigenvalue weighted by molar-refractivity contribution is 5.92. The monoisotopic (exact) mass is 368 g/mol. The van der Waals surface area contributed by atoms with Crippen LogP contribution in [0.1, 0.15) is 34.9 Å². The minimum atomic E-state index is -0.446. The lowest BCUT2D eigenvalue weighted by atomic mass is 10.1. The van der Waals surface area contributed by atoms with Gasteiger partial charge in [-0.3, -0.25) is 9.48 Å². The number of piperidine rings is 1. The predicted octanol–water partition coefficient (Wildman–Crippen LogP) is 2.31.